The van der Waals surface area contributed by atoms with Crippen LogP contribution in [0, 0.1) is 0 Å². The van der Waals surface area contributed by atoms with Gasteiger partial charge < -0.3 is 0 Å². The van der Waals surface area contributed by atoms with E-state index in [0.717, 1.165) is 17.8 Å². The van der Waals surface area contributed by atoms with Crippen LogP contribution in [0.2, 0.25) is 0 Å². The summed E-state index contributed by atoms with van der Waals surface area (Å²) in [6.45, 7) is 7.69. The fourth-order valence-electron chi connectivity index (χ4n) is 1.28. The second-order valence-corrected chi connectivity index (χ2v) is 2.61. The van der Waals surface area contributed by atoms with Crippen LogP contribution < -0.4 is 0 Å². The molecule has 0 bridgehead atoms. The third-order valence-electron chi connectivity index (χ3n) is 1.86. The molecular formula is C12H15N. The van der Waals surface area contributed by atoms with Crippen molar-refractivity contribution in [1.29, 1.82) is 0 Å². The smallest absolute Gasteiger partial charge is 0.0669 e. The molecule has 0 radical (unpaired) electrons. The van der Waals surface area contributed by atoms with Crippen molar-refractivity contribution in [3.05, 3.63) is 42.5 Å². The van der Waals surface area contributed by atoms with E-state index < -0.39 is 0 Å². The molecular weight excluding hydrogens is 158 g/mol. The van der Waals surface area contributed by atoms with Gasteiger partial charge >= 0.3 is 0 Å². The van der Waals surface area contributed by atoms with Crippen molar-refractivity contribution in [2.45, 2.75) is 20.3 Å². The van der Waals surface area contributed by atoms with Crippen molar-refractivity contribution in [1.82, 2.24) is 0 Å². The Balaban J connectivity index is 0.000000396. The largest absolute Gasteiger partial charge is 0.253 e. The topological polar surface area (TPSA) is 12.4 Å². The maximum absolute atomic E-state index is 4.37. The lowest BCUT2D eigenvalue weighted by Crippen LogP contribution is -1.89. The zero-order valence-corrected chi connectivity index (χ0v) is 8.25. The molecule has 1 heteroatoms. The Morgan fingerprint density at radius 2 is 2.00 bits per heavy atom. The van der Waals surface area contributed by atoms with Gasteiger partial charge in [-0.05, 0) is 17.7 Å². The van der Waals surface area contributed by atoms with Crippen LogP contribution in [0.25, 0.3) is 0 Å². The van der Waals surface area contributed by atoms with Crippen molar-refractivity contribution < 1.29 is 0 Å². The molecule has 2 rings (SSSR count). The minimum absolute atomic E-state index is 0.944. The zero-order chi connectivity index (χ0) is 9.68. The van der Waals surface area contributed by atoms with Crippen LogP contribution in [0.4, 0.5) is 5.69 Å². The van der Waals surface area contributed by atoms with Gasteiger partial charge in [-0.1, -0.05) is 38.6 Å². The summed E-state index contributed by atoms with van der Waals surface area (Å²) in [5, 5.41) is 0. The van der Waals surface area contributed by atoms with Gasteiger partial charge in [-0.25, -0.2) is 0 Å². The summed E-state index contributed by atoms with van der Waals surface area (Å²) in [5.41, 5.74) is 3.48. The molecule has 1 aromatic rings. The van der Waals surface area contributed by atoms with Gasteiger partial charge in [0.05, 0.1) is 5.69 Å². The molecule has 0 aromatic heterocycles. The van der Waals surface area contributed by atoms with E-state index in [-0.39, 0.29) is 0 Å². The van der Waals surface area contributed by atoms with Crippen LogP contribution >= 0.6 is 0 Å². The SMILES string of the molecule is C=CC1=Nc2ccccc2C1.CC. The molecule has 0 atom stereocenters. The highest BCUT2D eigenvalue weighted by molar-refractivity contribution is 6.01. The van der Waals surface area contributed by atoms with E-state index in [2.05, 4.69) is 17.6 Å². The van der Waals surface area contributed by atoms with E-state index in [4.69, 9.17) is 0 Å². The van der Waals surface area contributed by atoms with Crippen molar-refractivity contribution in [2.75, 3.05) is 0 Å². The molecule has 0 aliphatic carbocycles. The molecule has 68 valence electrons. The predicted octanol–water partition coefficient (Wildman–Crippen LogP) is 3.53. The van der Waals surface area contributed by atoms with E-state index in [0.29, 0.717) is 0 Å². The summed E-state index contributed by atoms with van der Waals surface area (Å²) in [6.07, 6.45) is 2.76. The molecule has 0 saturated heterocycles. The first kappa shape index (κ1) is 9.72. The second kappa shape index (κ2) is 4.61. The molecule has 1 aromatic carbocycles. The monoisotopic (exact) mass is 173 g/mol. The molecule has 13 heavy (non-hydrogen) atoms. The lowest BCUT2D eigenvalue weighted by Gasteiger charge is -1.91. The molecule has 1 aliphatic heterocycles. The van der Waals surface area contributed by atoms with E-state index in [1.807, 2.05) is 38.1 Å². The van der Waals surface area contributed by atoms with Gasteiger partial charge in [0, 0.05) is 12.1 Å². The van der Waals surface area contributed by atoms with Crippen molar-refractivity contribution in [3.8, 4) is 0 Å². The van der Waals surface area contributed by atoms with E-state index in [9.17, 15) is 0 Å². The lowest BCUT2D eigenvalue weighted by molar-refractivity contribution is 1.40. The van der Waals surface area contributed by atoms with Gasteiger partial charge in [-0.3, -0.25) is 4.99 Å². The Bertz CT molecular complexity index is 324. The highest BCUT2D eigenvalue weighted by Crippen LogP contribution is 2.25. The summed E-state index contributed by atoms with van der Waals surface area (Å²) < 4.78 is 0. The first-order valence-electron chi connectivity index (χ1n) is 4.68. The third kappa shape index (κ3) is 2.05. The number of rotatable bonds is 1. The quantitative estimate of drug-likeness (QED) is 0.616. The van der Waals surface area contributed by atoms with E-state index >= 15 is 0 Å². The average molecular weight is 173 g/mol. The van der Waals surface area contributed by atoms with Crippen molar-refractivity contribution in [3.63, 3.8) is 0 Å². The minimum Gasteiger partial charge on any atom is -0.253 e. The van der Waals surface area contributed by atoms with Crippen LogP contribution in [0.1, 0.15) is 19.4 Å². The van der Waals surface area contributed by atoms with Gasteiger partial charge in [0.25, 0.3) is 0 Å². The molecule has 1 aliphatic rings. The van der Waals surface area contributed by atoms with Gasteiger partial charge in [-0.2, -0.15) is 0 Å². The first-order chi connectivity index (χ1) is 6.40. The number of benzene rings is 1. The van der Waals surface area contributed by atoms with Gasteiger partial charge in [0.2, 0.25) is 0 Å². The highest BCUT2D eigenvalue weighted by atomic mass is 14.8. The van der Waals surface area contributed by atoms with Gasteiger partial charge in [0.1, 0.15) is 0 Å². The van der Waals surface area contributed by atoms with Crippen molar-refractivity contribution in [2.24, 2.45) is 4.99 Å². The number of fused-ring (bicyclic) bond motifs is 1. The molecule has 1 nitrogen and oxygen atoms in total. The third-order valence-corrected chi connectivity index (χ3v) is 1.86. The predicted molar refractivity (Wildman–Crippen MR) is 58.8 cm³/mol. The van der Waals surface area contributed by atoms with Crippen LogP contribution in [0.15, 0.2) is 41.9 Å². The molecule has 0 fully saturated rings. The summed E-state index contributed by atoms with van der Waals surface area (Å²) in [7, 11) is 0. The molecule has 1 heterocycles. The highest BCUT2D eigenvalue weighted by Gasteiger charge is 2.09. The second-order valence-electron chi connectivity index (χ2n) is 2.61. The molecule has 0 amide bonds. The van der Waals surface area contributed by atoms with Crippen LogP contribution in [-0.4, -0.2) is 5.71 Å². The van der Waals surface area contributed by atoms with E-state index in [1.54, 1.807) is 0 Å². The molecule has 0 N–H and O–H groups in total. The first-order valence-corrected chi connectivity index (χ1v) is 4.68. The normalized spacial score (nSPS) is 12.3. The Kier molecular flexibility index (Phi) is 3.44. The summed E-state index contributed by atoms with van der Waals surface area (Å²) >= 11 is 0. The standard InChI is InChI=1S/C10H9N.C2H6/c1-2-9-7-8-5-3-4-6-10(8)11-9;1-2/h2-6H,1,7H2;1-2H3. The molecule has 0 saturated carbocycles. The Morgan fingerprint density at radius 1 is 1.31 bits per heavy atom. The van der Waals surface area contributed by atoms with E-state index in [1.165, 1.54) is 5.56 Å². The fourth-order valence-corrected chi connectivity index (χ4v) is 1.28. The van der Waals surface area contributed by atoms with Crippen LogP contribution in [-0.2, 0) is 6.42 Å². The van der Waals surface area contributed by atoms with Crippen LogP contribution in [0.3, 0.4) is 0 Å². The summed E-state index contributed by atoms with van der Waals surface area (Å²) in [6, 6.07) is 8.19. The Hall–Kier alpha value is -1.37. The van der Waals surface area contributed by atoms with Gasteiger partial charge in [-0.15, -0.1) is 0 Å². The minimum atomic E-state index is 0.944. The number of allylic oxidation sites excluding steroid dienone is 1. The number of nitrogens with zero attached hydrogens (tertiary/aromatic N) is 1. The van der Waals surface area contributed by atoms with Crippen LogP contribution in [0.5, 0.6) is 0 Å². The number of aliphatic imine (C=N–C) groups is 1. The Labute approximate surface area is 79.8 Å². The number of hydrogen-bond acceptors (Lipinski definition) is 1. The summed E-state index contributed by atoms with van der Waals surface area (Å²) in [4.78, 5) is 4.37. The maximum Gasteiger partial charge on any atom is 0.0669 e. The average Bonchev–Trinajstić information content (AvgIpc) is 2.63. The Morgan fingerprint density at radius 3 is 2.62 bits per heavy atom. The lowest BCUT2D eigenvalue weighted by atomic mass is 10.1. The zero-order valence-electron chi connectivity index (χ0n) is 8.25. The fraction of sp³-hybridized carbons (Fsp3) is 0.250. The maximum atomic E-state index is 4.37. The summed E-state index contributed by atoms with van der Waals surface area (Å²) in [5.74, 6) is 0. The molecule has 0 spiro atoms. The number of hydrogen-bond donors (Lipinski definition) is 0. The molecule has 0 unspecified atom stereocenters. The number of para-hydroxylation sites is 1. The van der Waals surface area contributed by atoms with Crippen molar-refractivity contribution >= 4 is 11.4 Å². The van der Waals surface area contributed by atoms with Gasteiger partial charge in [0.15, 0.2) is 0 Å².